The van der Waals surface area contributed by atoms with Crippen LogP contribution in [-0.4, -0.2) is 9.97 Å². The minimum Gasteiger partial charge on any atom is -0.383 e. The third-order valence-corrected chi connectivity index (χ3v) is 2.91. The molecule has 0 bridgehead atoms. The zero-order chi connectivity index (χ0) is 14.2. The van der Waals surface area contributed by atoms with Crippen LogP contribution < -0.4 is 5.73 Å². The highest BCUT2D eigenvalue weighted by atomic mass is 19.2. The standard InChI is InChI=1S/C14H15F2N3/c1-7(2)14-18-12(8(3)13(17)19-14)9-4-5-10(15)11(16)6-9/h4-7H,1-3H3,(H2,17,18,19). The summed E-state index contributed by atoms with van der Waals surface area (Å²) in [7, 11) is 0. The van der Waals surface area contributed by atoms with E-state index in [2.05, 4.69) is 9.97 Å². The number of hydrogen-bond donors (Lipinski definition) is 1. The van der Waals surface area contributed by atoms with Crippen LogP contribution in [0.4, 0.5) is 14.6 Å². The SMILES string of the molecule is Cc1c(N)nc(C(C)C)nc1-c1ccc(F)c(F)c1. The molecule has 19 heavy (non-hydrogen) atoms. The summed E-state index contributed by atoms with van der Waals surface area (Å²) in [5.41, 5.74) is 7.54. The molecular weight excluding hydrogens is 248 g/mol. The monoisotopic (exact) mass is 263 g/mol. The Morgan fingerprint density at radius 3 is 2.37 bits per heavy atom. The average Bonchev–Trinajstić information content (AvgIpc) is 2.35. The van der Waals surface area contributed by atoms with Crippen LogP contribution in [0.5, 0.6) is 0 Å². The molecule has 1 aromatic heterocycles. The van der Waals surface area contributed by atoms with Gasteiger partial charge in [0, 0.05) is 17.0 Å². The Morgan fingerprint density at radius 1 is 1.11 bits per heavy atom. The number of aromatic nitrogens is 2. The second kappa shape index (κ2) is 4.91. The number of nitrogen functional groups attached to an aromatic ring is 1. The maximum Gasteiger partial charge on any atom is 0.159 e. The maximum absolute atomic E-state index is 13.3. The first-order valence-corrected chi connectivity index (χ1v) is 5.99. The number of nitrogens with two attached hydrogens (primary N) is 1. The van der Waals surface area contributed by atoms with Gasteiger partial charge in [0.2, 0.25) is 0 Å². The fraction of sp³-hybridized carbons (Fsp3) is 0.286. The lowest BCUT2D eigenvalue weighted by Gasteiger charge is -2.12. The second-order valence-electron chi connectivity index (χ2n) is 4.72. The molecule has 0 radical (unpaired) electrons. The zero-order valence-corrected chi connectivity index (χ0v) is 11.0. The molecule has 0 spiro atoms. The van der Waals surface area contributed by atoms with Crippen molar-refractivity contribution in [3.05, 3.63) is 41.2 Å². The molecule has 0 aliphatic carbocycles. The number of rotatable bonds is 2. The van der Waals surface area contributed by atoms with Gasteiger partial charge in [0.15, 0.2) is 11.6 Å². The Morgan fingerprint density at radius 2 is 1.79 bits per heavy atom. The number of benzene rings is 1. The van der Waals surface area contributed by atoms with Gasteiger partial charge in [0.05, 0.1) is 5.69 Å². The number of nitrogens with zero attached hydrogens (tertiary/aromatic N) is 2. The van der Waals surface area contributed by atoms with Crippen molar-refractivity contribution in [2.75, 3.05) is 5.73 Å². The van der Waals surface area contributed by atoms with Crippen LogP contribution in [0.1, 0.15) is 31.2 Å². The number of halogens is 2. The number of hydrogen-bond acceptors (Lipinski definition) is 3. The van der Waals surface area contributed by atoms with Crippen molar-refractivity contribution in [2.45, 2.75) is 26.7 Å². The minimum absolute atomic E-state index is 0.104. The molecule has 1 heterocycles. The summed E-state index contributed by atoms with van der Waals surface area (Å²) in [4.78, 5) is 8.59. The van der Waals surface area contributed by atoms with Crippen molar-refractivity contribution in [3.63, 3.8) is 0 Å². The van der Waals surface area contributed by atoms with Crippen LogP contribution >= 0.6 is 0 Å². The molecule has 0 aliphatic rings. The van der Waals surface area contributed by atoms with Crippen molar-refractivity contribution in [2.24, 2.45) is 0 Å². The quantitative estimate of drug-likeness (QED) is 0.903. The Labute approximate surface area is 110 Å². The number of anilines is 1. The van der Waals surface area contributed by atoms with Crippen molar-refractivity contribution in [1.29, 1.82) is 0 Å². The van der Waals surface area contributed by atoms with Gasteiger partial charge in [-0.25, -0.2) is 18.7 Å². The first-order chi connectivity index (χ1) is 8.90. The van der Waals surface area contributed by atoms with E-state index in [0.29, 0.717) is 28.5 Å². The van der Waals surface area contributed by atoms with E-state index in [4.69, 9.17) is 5.73 Å². The van der Waals surface area contributed by atoms with E-state index in [9.17, 15) is 8.78 Å². The van der Waals surface area contributed by atoms with E-state index in [1.165, 1.54) is 6.07 Å². The van der Waals surface area contributed by atoms with Gasteiger partial charge in [0.25, 0.3) is 0 Å². The van der Waals surface area contributed by atoms with E-state index in [-0.39, 0.29) is 5.92 Å². The van der Waals surface area contributed by atoms with E-state index in [1.54, 1.807) is 6.92 Å². The van der Waals surface area contributed by atoms with Gasteiger partial charge in [-0.1, -0.05) is 13.8 Å². The molecule has 0 amide bonds. The van der Waals surface area contributed by atoms with E-state index in [0.717, 1.165) is 12.1 Å². The predicted octanol–water partition coefficient (Wildman–Crippen LogP) is 3.44. The predicted molar refractivity (Wildman–Crippen MR) is 70.6 cm³/mol. The molecule has 2 N–H and O–H groups in total. The molecule has 0 saturated heterocycles. The average molecular weight is 263 g/mol. The van der Waals surface area contributed by atoms with Gasteiger partial charge in [-0.3, -0.25) is 0 Å². The molecular formula is C14H15F2N3. The molecule has 0 aliphatic heterocycles. The summed E-state index contributed by atoms with van der Waals surface area (Å²) in [5.74, 6) is -0.735. The van der Waals surface area contributed by atoms with Crippen LogP contribution in [-0.2, 0) is 0 Å². The minimum atomic E-state index is -0.903. The first-order valence-electron chi connectivity index (χ1n) is 5.99. The molecule has 0 saturated carbocycles. The van der Waals surface area contributed by atoms with Gasteiger partial charge in [0.1, 0.15) is 11.6 Å². The summed E-state index contributed by atoms with van der Waals surface area (Å²) in [6, 6.07) is 3.68. The van der Waals surface area contributed by atoms with E-state index < -0.39 is 11.6 Å². The molecule has 3 nitrogen and oxygen atoms in total. The van der Waals surface area contributed by atoms with Gasteiger partial charge < -0.3 is 5.73 Å². The van der Waals surface area contributed by atoms with Crippen LogP contribution in [0.15, 0.2) is 18.2 Å². The topological polar surface area (TPSA) is 51.8 Å². The smallest absolute Gasteiger partial charge is 0.159 e. The van der Waals surface area contributed by atoms with E-state index >= 15 is 0 Å². The van der Waals surface area contributed by atoms with Crippen LogP contribution in [0.3, 0.4) is 0 Å². The van der Waals surface area contributed by atoms with Gasteiger partial charge in [-0.2, -0.15) is 0 Å². The van der Waals surface area contributed by atoms with Gasteiger partial charge in [-0.05, 0) is 25.1 Å². The fourth-order valence-electron chi connectivity index (χ4n) is 1.73. The molecule has 100 valence electrons. The lowest BCUT2D eigenvalue weighted by molar-refractivity contribution is 0.509. The molecule has 0 atom stereocenters. The molecule has 0 fully saturated rings. The van der Waals surface area contributed by atoms with Crippen molar-refractivity contribution >= 4 is 5.82 Å². The zero-order valence-electron chi connectivity index (χ0n) is 11.0. The van der Waals surface area contributed by atoms with Crippen molar-refractivity contribution < 1.29 is 8.78 Å². The lowest BCUT2D eigenvalue weighted by atomic mass is 10.1. The van der Waals surface area contributed by atoms with Crippen LogP contribution in [0, 0.1) is 18.6 Å². The maximum atomic E-state index is 13.3. The fourth-order valence-corrected chi connectivity index (χ4v) is 1.73. The third kappa shape index (κ3) is 2.54. The van der Waals surface area contributed by atoms with E-state index in [1.807, 2.05) is 13.8 Å². The van der Waals surface area contributed by atoms with Crippen LogP contribution in [0.25, 0.3) is 11.3 Å². The summed E-state index contributed by atoms with van der Waals surface area (Å²) in [5, 5.41) is 0. The summed E-state index contributed by atoms with van der Waals surface area (Å²) in [6.45, 7) is 5.65. The Balaban J connectivity index is 2.63. The molecule has 2 aromatic rings. The van der Waals surface area contributed by atoms with Crippen molar-refractivity contribution in [3.8, 4) is 11.3 Å². The van der Waals surface area contributed by atoms with Gasteiger partial charge in [-0.15, -0.1) is 0 Å². The Hall–Kier alpha value is -2.04. The molecule has 5 heteroatoms. The molecule has 0 unspecified atom stereocenters. The summed E-state index contributed by atoms with van der Waals surface area (Å²) >= 11 is 0. The normalized spacial score (nSPS) is 11.1. The first kappa shape index (κ1) is 13.4. The van der Waals surface area contributed by atoms with Gasteiger partial charge >= 0.3 is 0 Å². The summed E-state index contributed by atoms with van der Waals surface area (Å²) < 4.78 is 26.3. The van der Waals surface area contributed by atoms with Crippen LogP contribution in [0.2, 0.25) is 0 Å². The lowest BCUT2D eigenvalue weighted by Crippen LogP contribution is -2.06. The highest BCUT2D eigenvalue weighted by Crippen LogP contribution is 2.27. The second-order valence-corrected chi connectivity index (χ2v) is 4.72. The summed E-state index contributed by atoms with van der Waals surface area (Å²) in [6.07, 6.45) is 0. The highest BCUT2D eigenvalue weighted by Gasteiger charge is 2.14. The van der Waals surface area contributed by atoms with Crippen molar-refractivity contribution in [1.82, 2.24) is 9.97 Å². The molecule has 2 rings (SSSR count). The largest absolute Gasteiger partial charge is 0.383 e. The third-order valence-electron chi connectivity index (χ3n) is 2.91. The Kier molecular flexibility index (Phi) is 3.46. The molecule has 1 aromatic carbocycles. The Bertz CT molecular complexity index is 624. The highest BCUT2D eigenvalue weighted by molar-refractivity contribution is 5.67.